The van der Waals surface area contributed by atoms with Gasteiger partial charge >= 0.3 is 8.56 Å². The molecule has 1 unspecified atom stereocenters. The second-order valence-electron chi connectivity index (χ2n) is 4.64. The molecule has 1 rings (SSSR count). The van der Waals surface area contributed by atoms with Gasteiger partial charge in [0.15, 0.2) is 0 Å². The number of halogens is 1. The highest BCUT2D eigenvalue weighted by atomic mass is 35.5. The van der Waals surface area contributed by atoms with Crippen molar-refractivity contribution >= 4 is 20.2 Å². The van der Waals surface area contributed by atoms with Gasteiger partial charge in [-0.2, -0.15) is 0 Å². The Hall–Kier alpha value is -0.353. The Morgan fingerprint density at radius 3 is 2.00 bits per heavy atom. The van der Waals surface area contributed by atoms with Crippen LogP contribution in [0.1, 0.15) is 26.3 Å². The minimum Gasteiger partial charge on any atom is -0.394 e. The van der Waals surface area contributed by atoms with Gasteiger partial charge in [-0.15, -0.1) is 11.6 Å². The Labute approximate surface area is 117 Å². The monoisotopic (exact) mass is 286 g/mol. The number of hydrogen-bond acceptors (Lipinski definition) is 2. The Kier molecular flexibility index (Phi) is 5.85. The fraction of sp³-hybridized carbons (Fsp3) is 0.571. The van der Waals surface area contributed by atoms with Crippen LogP contribution in [-0.2, 0) is 13.9 Å². The summed E-state index contributed by atoms with van der Waals surface area (Å²) in [4.78, 5) is 0. The van der Waals surface area contributed by atoms with Crippen LogP contribution in [-0.4, -0.2) is 27.7 Å². The molecule has 18 heavy (non-hydrogen) atoms. The molecule has 0 N–H and O–H groups in total. The highest BCUT2D eigenvalue weighted by Crippen LogP contribution is 2.36. The van der Waals surface area contributed by atoms with E-state index in [1.54, 1.807) is 0 Å². The number of rotatable bonds is 7. The van der Waals surface area contributed by atoms with Crippen molar-refractivity contribution in [3.05, 3.63) is 35.9 Å². The average Bonchev–Trinajstić information content (AvgIpc) is 2.39. The van der Waals surface area contributed by atoms with Crippen LogP contribution in [0.4, 0.5) is 0 Å². The van der Waals surface area contributed by atoms with E-state index in [0.29, 0.717) is 19.1 Å². The fourth-order valence-electron chi connectivity index (χ4n) is 2.18. The van der Waals surface area contributed by atoms with Crippen LogP contribution in [0.3, 0.4) is 0 Å². The minimum absolute atomic E-state index is 0.248. The van der Waals surface area contributed by atoms with Crippen LogP contribution >= 0.6 is 11.6 Å². The SMILES string of the molecule is CCO[Si](C)(OCC)C(C)(CCl)c1ccccc1. The molecule has 0 aliphatic carbocycles. The number of hydrogen-bond donors (Lipinski definition) is 0. The summed E-state index contributed by atoms with van der Waals surface area (Å²) in [6.07, 6.45) is 0. The molecule has 102 valence electrons. The lowest BCUT2D eigenvalue weighted by Gasteiger charge is -2.42. The Balaban J connectivity index is 3.18. The summed E-state index contributed by atoms with van der Waals surface area (Å²) >= 11 is 6.27. The summed E-state index contributed by atoms with van der Waals surface area (Å²) in [5.41, 5.74) is 1.19. The molecule has 1 aromatic rings. The molecule has 4 heteroatoms. The predicted molar refractivity (Wildman–Crippen MR) is 79.4 cm³/mol. The molecule has 0 aromatic heterocycles. The average molecular weight is 287 g/mol. The maximum atomic E-state index is 6.27. The molecule has 2 nitrogen and oxygen atoms in total. The Morgan fingerprint density at radius 2 is 1.61 bits per heavy atom. The van der Waals surface area contributed by atoms with Gasteiger partial charge in [-0.25, -0.2) is 0 Å². The molecule has 0 saturated carbocycles. The zero-order chi connectivity index (χ0) is 13.6. The van der Waals surface area contributed by atoms with Crippen LogP contribution in [0, 0.1) is 0 Å². The summed E-state index contributed by atoms with van der Waals surface area (Å²) < 4.78 is 12.0. The molecule has 0 radical (unpaired) electrons. The molecule has 1 aromatic carbocycles. The highest BCUT2D eigenvalue weighted by molar-refractivity contribution is 6.70. The largest absolute Gasteiger partial charge is 0.394 e. The summed E-state index contributed by atoms with van der Waals surface area (Å²) in [5, 5.41) is -0.248. The van der Waals surface area contributed by atoms with Crippen molar-refractivity contribution in [3.8, 4) is 0 Å². The van der Waals surface area contributed by atoms with Crippen LogP contribution in [0.2, 0.25) is 6.55 Å². The van der Waals surface area contributed by atoms with E-state index >= 15 is 0 Å². The summed E-state index contributed by atoms with van der Waals surface area (Å²) in [6, 6.07) is 10.3. The molecule has 0 spiro atoms. The van der Waals surface area contributed by atoms with Gasteiger partial charge < -0.3 is 8.85 Å². The highest BCUT2D eigenvalue weighted by Gasteiger charge is 2.51. The first-order chi connectivity index (χ1) is 8.54. The molecule has 0 aliphatic heterocycles. The Bertz CT molecular complexity index is 352. The van der Waals surface area contributed by atoms with Gasteiger partial charge in [0.2, 0.25) is 0 Å². The summed E-state index contributed by atoms with van der Waals surface area (Å²) in [6.45, 7) is 9.57. The van der Waals surface area contributed by atoms with Crippen molar-refractivity contribution in [1.29, 1.82) is 0 Å². The van der Waals surface area contributed by atoms with Gasteiger partial charge in [0.25, 0.3) is 0 Å². The quantitative estimate of drug-likeness (QED) is 0.560. The zero-order valence-electron chi connectivity index (χ0n) is 11.7. The van der Waals surface area contributed by atoms with Crippen LogP contribution in [0.25, 0.3) is 0 Å². The van der Waals surface area contributed by atoms with Gasteiger partial charge in [-0.3, -0.25) is 0 Å². The first kappa shape index (κ1) is 15.7. The molecule has 0 heterocycles. The van der Waals surface area contributed by atoms with E-state index in [-0.39, 0.29) is 5.04 Å². The zero-order valence-corrected chi connectivity index (χ0v) is 13.5. The smallest absolute Gasteiger partial charge is 0.346 e. The fourth-order valence-corrected chi connectivity index (χ4v) is 5.82. The van der Waals surface area contributed by atoms with Gasteiger partial charge in [-0.1, -0.05) is 37.3 Å². The third-order valence-electron chi connectivity index (χ3n) is 3.52. The van der Waals surface area contributed by atoms with Crippen molar-refractivity contribution < 1.29 is 8.85 Å². The predicted octanol–water partition coefficient (Wildman–Crippen LogP) is 3.87. The molecule has 0 fully saturated rings. The molecule has 0 aliphatic rings. The van der Waals surface area contributed by atoms with E-state index in [1.807, 2.05) is 32.0 Å². The van der Waals surface area contributed by atoms with E-state index in [4.69, 9.17) is 20.5 Å². The molecular formula is C14H23ClO2Si. The first-order valence-corrected chi connectivity index (χ1v) is 9.28. The maximum Gasteiger partial charge on any atom is 0.346 e. The molecule has 0 amide bonds. The van der Waals surface area contributed by atoms with E-state index in [0.717, 1.165) is 0 Å². The Morgan fingerprint density at radius 1 is 1.11 bits per heavy atom. The van der Waals surface area contributed by atoms with Crippen molar-refractivity contribution in [2.45, 2.75) is 32.4 Å². The first-order valence-electron chi connectivity index (χ1n) is 6.43. The number of alkyl halides is 1. The minimum atomic E-state index is -2.38. The standard InChI is InChI=1S/C14H23ClO2Si/c1-5-16-18(4,17-6-2)14(3,12-15)13-10-8-7-9-11-13/h7-11H,5-6,12H2,1-4H3. The van der Waals surface area contributed by atoms with Gasteiger partial charge in [0.05, 0.1) is 0 Å². The van der Waals surface area contributed by atoms with Crippen LogP contribution < -0.4 is 0 Å². The summed E-state index contributed by atoms with van der Waals surface area (Å²) in [5.74, 6) is 0.500. The molecule has 0 saturated heterocycles. The van der Waals surface area contributed by atoms with Crippen LogP contribution in [0.5, 0.6) is 0 Å². The molecule has 0 bridgehead atoms. The van der Waals surface area contributed by atoms with E-state index < -0.39 is 8.56 Å². The topological polar surface area (TPSA) is 18.5 Å². The van der Waals surface area contributed by atoms with E-state index in [2.05, 4.69) is 25.6 Å². The lowest BCUT2D eigenvalue weighted by molar-refractivity contribution is 0.166. The lowest BCUT2D eigenvalue weighted by atomic mass is 10.0. The number of benzene rings is 1. The van der Waals surface area contributed by atoms with Gasteiger partial charge in [0, 0.05) is 24.1 Å². The second-order valence-corrected chi connectivity index (χ2v) is 8.48. The van der Waals surface area contributed by atoms with Gasteiger partial charge in [-0.05, 0) is 26.0 Å². The lowest BCUT2D eigenvalue weighted by Crippen LogP contribution is -2.58. The van der Waals surface area contributed by atoms with Gasteiger partial charge in [0.1, 0.15) is 0 Å². The third-order valence-corrected chi connectivity index (χ3v) is 8.43. The van der Waals surface area contributed by atoms with Crippen molar-refractivity contribution in [1.82, 2.24) is 0 Å². The summed E-state index contributed by atoms with van der Waals surface area (Å²) in [7, 11) is -2.38. The van der Waals surface area contributed by atoms with Crippen molar-refractivity contribution in [2.24, 2.45) is 0 Å². The second kappa shape index (κ2) is 6.71. The normalized spacial score (nSPS) is 15.4. The van der Waals surface area contributed by atoms with E-state index in [1.165, 1.54) is 5.56 Å². The molecular weight excluding hydrogens is 264 g/mol. The van der Waals surface area contributed by atoms with Crippen LogP contribution in [0.15, 0.2) is 30.3 Å². The van der Waals surface area contributed by atoms with Crippen molar-refractivity contribution in [3.63, 3.8) is 0 Å². The molecule has 1 atom stereocenters. The van der Waals surface area contributed by atoms with Crippen molar-refractivity contribution in [2.75, 3.05) is 19.1 Å². The van der Waals surface area contributed by atoms with E-state index in [9.17, 15) is 0 Å². The third kappa shape index (κ3) is 2.97. The maximum absolute atomic E-state index is 6.27.